The Morgan fingerprint density at radius 2 is 1.67 bits per heavy atom. The number of hydrogen-bond acceptors (Lipinski definition) is 0. The first-order valence-corrected chi connectivity index (χ1v) is 5.41. The molecule has 0 bridgehead atoms. The molecule has 0 aliphatic heterocycles. The van der Waals surface area contributed by atoms with Crippen molar-refractivity contribution in [1.82, 2.24) is 0 Å². The summed E-state index contributed by atoms with van der Waals surface area (Å²) in [5.41, 5.74) is 0. The van der Waals surface area contributed by atoms with Crippen molar-refractivity contribution in [2.45, 2.75) is 53.4 Å². The van der Waals surface area contributed by atoms with E-state index in [2.05, 4.69) is 34.6 Å². The van der Waals surface area contributed by atoms with Crippen LogP contribution in [0.15, 0.2) is 0 Å². The highest BCUT2D eigenvalue weighted by atomic mass is 14.2. The van der Waals surface area contributed by atoms with Crippen LogP contribution in [0.3, 0.4) is 0 Å². The molecule has 0 saturated carbocycles. The minimum atomic E-state index is 0.805. The topological polar surface area (TPSA) is 0 Å². The quantitative estimate of drug-likeness (QED) is 0.556. The zero-order chi connectivity index (χ0) is 9.56. The summed E-state index contributed by atoms with van der Waals surface area (Å²) in [4.78, 5) is 0. The van der Waals surface area contributed by atoms with Crippen LogP contribution in [-0.2, 0) is 0 Å². The first kappa shape index (κ1) is 12.0. The molecule has 0 N–H and O–H groups in total. The highest BCUT2D eigenvalue weighted by Crippen LogP contribution is 2.24. The Morgan fingerprint density at radius 3 is 2.08 bits per heavy atom. The molecular weight excluding hydrogens is 144 g/mol. The monoisotopic (exact) mass is 169 g/mol. The molecule has 0 aliphatic rings. The van der Waals surface area contributed by atoms with E-state index >= 15 is 0 Å². The van der Waals surface area contributed by atoms with E-state index in [-0.39, 0.29) is 0 Å². The maximum atomic E-state index is 3.94. The zero-order valence-electron chi connectivity index (χ0n) is 9.27. The van der Waals surface area contributed by atoms with Gasteiger partial charge in [0, 0.05) is 0 Å². The van der Waals surface area contributed by atoms with Crippen molar-refractivity contribution in [3.63, 3.8) is 0 Å². The van der Waals surface area contributed by atoms with Gasteiger partial charge < -0.3 is 0 Å². The second-order valence-corrected chi connectivity index (χ2v) is 4.37. The third-order valence-corrected chi connectivity index (χ3v) is 2.98. The third-order valence-electron chi connectivity index (χ3n) is 2.98. The Morgan fingerprint density at radius 1 is 1.08 bits per heavy atom. The SMILES string of the molecule is [CH2]CC(C)CC(C)C(C)CCC. The second kappa shape index (κ2) is 6.51. The van der Waals surface area contributed by atoms with E-state index in [1.807, 2.05) is 0 Å². The van der Waals surface area contributed by atoms with Gasteiger partial charge in [-0.3, -0.25) is 0 Å². The van der Waals surface area contributed by atoms with Gasteiger partial charge in [-0.15, -0.1) is 0 Å². The average Bonchev–Trinajstić information content (AvgIpc) is 2.04. The van der Waals surface area contributed by atoms with Crippen LogP contribution >= 0.6 is 0 Å². The lowest BCUT2D eigenvalue weighted by atomic mass is 9.84. The van der Waals surface area contributed by atoms with Gasteiger partial charge >= 0.3 is 0 Å². The van der Waals surface area contributed by atoms with Crippen molar-refractivity contribution in [1.29, 1.82) is 0 Å². The van der Waals surface area contributed by atoms with Crippen LogP contribution in [0.4, 0.5) is 0 Å². The predicted octanol–water partition coefficient (Wildman–Crippen LogP) is 4.31. The molecule has 0 rings (SSSR count). The highest BCUT2D eigenvalue weighted by molar-refractivity contribution is 4.65. The zero-order valence-corrected chi connectivity index (χ0v) is 9.27. The first-order chi connectivity index (χ1) is 5.61. The Labute approximate surface area is 78.8 Å². The molecule has 0 aliphatic carbocycles. The smallest absolute Gasteiger partial charge is 0.0414 e. The molecule has 0 saturated heterocycles. The maximum absolute atomic E-state index is 3.94. The van der Waals surface area contributed by atoms with E-state index < -0.39 is 0 Å². The van der Waals surface area contributed by atoms with Gasteiger partial charge in [-0.1, -0.05) is 53.9 Å². The van der Waals surface area contributed by atoms with E-state index in [0.717, 1.165) is 24.2 Å². The fourth-order valence-corrected chi connectivity index (χ4v) is 1.72. The van der Waals surface area contributed by atoms with Crippen LogP contribution in [0.2, 0.25) is 0 Å². The van der Waals surface area contributed by atoms with Crippen LogP contribution in [0.25, 0.3) is 0 Å². The lowest BCUT2D eigenvalue weighted by Gasteiger charge is -2.22. The molecule has 73 valence electrons. The van der Waals surface area contributed by atoms with E-state index in [9.17, 15) is 0 Å². The molecule has 0 amide bonds. The summed E-state index contributed by atoms with van der Waals surface area (Å²) >= 11 is 0. The lowest BCUT2D eigenvalue weighted by molar-refractivity contribution is 0.298. The normalized spacial score (nSPS) is 18.8. The summed E-state index contributed by atoms with van der Waals surface area (Å²) in [6.45, 7) is 13.3. The molecule has 3 atom stereocenters. The summed E-state index contributed by atoms with van der Waals surface area (Å²) in [5, 5.41) is 0. The minimum absolute atomic E-state index is 0.805. The third kappa shape index (κ3) is 4.79. The Balaban J connectivity index is 3.62. The van der Waals surface area contributed by atoms with Gasteiger partial charge in [0.2, 0.25) is 0 Å². The predicted molar refractivity (Wildman–Crippen MR) is 57.0 cm³/mol. The van der Waals surface area contributed by atoms with Crippen molar-refractivity contribution < 1.29 is 0 Å². The minimum Gasteiger partial charge on any atom is -0.0654 e. The number of rotatable bonds is 6. The molecule has 0 heteroatoms. The van der Waals surface area contributed by atoms with Crippen molar-refractivity contribution in [3.05, 3.63) is 6.92 Å². The van der Waals surface area contributed by atoms with E-state index in [4.69, 9.17) is 0 Å². The molecule has 12 heavy (non-hydrogen) atoms. The Kier molecular flexibility index (Phi) is 6.51. The standard InChI is InChI=1S/C12H25/c1-6-8-11(4)12(5)9-10(3)7-2/h10-12H,2,6-9H2,1,3-5H3. The lowest BCUT2D eigenvalue weighted by Crippen LogP contribution is -2.11. The van der Waals surface area contributed by atoms with Gasteiger partial charge in [0.1, 0.15) is 0 Å². The van der Waals surface area contributed by atoms with E-state index in [1.165, 1.54) is 19.3 Å². The fourth-order valence-electron chi connectivity index (χ4n) is 1.72. The Bertz CT molecular complexity index is 96.2. The van der Waals surface area contributed by atoms with Crippen LogP contribution in [0.1, 0.15) is 53.4 Å². The summed E-state index contributed by atoms with van der Waals surface area (Å²) < 4.78 is 0. The Hall–Kier alpha value is 0. The van der Waals surface area contributed by atoms with Gasteiger partial charge in [-0.2, -0.15) is 0 Å². The van der Waals surface area contributed by atoms with Crippen molar-refractivity contribution >= 4 is 0 Å². The van der Waals surface area contributed by atoms with Crippen LogP contribution in [-0.4, -0.2) is 0 Å². The molecule has 3 unspecified atom stereocenters. The van der Waals surface area contributed by atoms with Gasteiger partial charge in [0.25, 0.3) is 0 Å². The van der Waals surface area contributed by atoms with Crippen LogP contribution in [0, 0.1) is 24.7 Å². The molecular formula is C12H25. The maximum Gasteiger partial charge on any atom is -0.0414 e. The molecule has 1 radical (unpaired) electrons. The molecule has 0 heterocycles. The van der Waals surface area contributed by atoms with Crippen molar-refractivity contribution in [2.75, 3.05) is 0 Å². The first-order valence-electron chi connectivity index (χ1n) is 5.41. The summed E-state index contributed by atoms with van der Waals surface area (Å²) in [6, 6.07) is 0. The average molecular weight is 169 g/mol. The van der Waals surface area contributed by atoms with Crippen molar-refractivity contribution in [2.24, 2.45) is 17.8 Å². The summed E-state index contributed by atoms with van der Waals surface area (Å²) in [5.74, 6) is 2.57. The molecule has 0 aromatic heterocycles. The fraction of sp³-hybridized carbons (Fsp3) is 0.917. The van der Waals surface area contributed by atoms with Gasteiger partial charge in [-0.25, -0.2) is 0 Å². The van der Waals surface area contributed by atoms with Gasteiger partial charge in [-0.05, 0) is 24.2 Å². The molecule has 0 spiro atoms. The molecule has 0 aromatic carbocycles. The summed E-state index contributed by atoms with van der Waals surface area (Å²) in [7, 11) is 0. The van der Waals surface area contributed by atoms with E-state index in [0.29, 0.717) is 0 Å². The summed E-state index contributed by atoms with van der Waals surface area (Å²) in [6.07, 6.45) is 5.14. The van der Waals surface area contributed by atoms with Gasteiger partial charge in [0.15, 0.2) is 0 Å². The van der Waals surface area contributed by atoms with Crippen molar-refractivity contribution in [3.8, 4) is 0 Å². The molecule has 0 nitrogen and oxygen atoms in total. The van der Waals surface area contributed by atoms with E-state index in [1.54, 1.807) is 0 Å². The van der Waals surface area contributed by atoms with Crippen LogP contribution in [0.5, 0.6) is 0 Å². The highest BCUT2D eigenvalue weighted by Gasteiger charge is 2.13. The second-order valence-electron chi connectivity index (χ2n) is 4.37. The molecule has 0 aromatic rings. The number of hydrogen-bond donors (Lipinski definition) is 0. The van der Waals surface area contributed by atoms with Crippen LogP contribution < -0.4 is 0 Å². The largest absolute Gasteiger partial charge is 0.0654 e. The van der Waals surface area contributed by atoms with Gasteiger partial charge in [0.05, 0.1) is 0 Å². The molecule has 0 fully saturated rings.